The van der Waals surface area contributed by atoms with E-state index in [2.05, 4.69) is 20.5 Å². The molecule has 0 aliphatic carbocycles. The standard InChI is InChI=1S/C25H22N4O4/c1-16-11-19(24(31)20(12-16)14-30)13-27-29-25(32)21-8-3-9-22(28-21)33-15-18-6-2-5-17-7-4-10-26-23(17)18/h2-13,30-31H,14-15H2,1H3,(H,29,32)/b27-13+. The summed E-state index contributed by atoms with van der Waals surface area (Å²) in [5, 5.41) is 24.4. The molecule has 8 heteroatoms. The zero-order valence-electron chi connectivity index (χ0n) is 17.9. The van der Waals surface area contributed by atoms with Crippen molar-refractivity contribution >= 4 is 23.0 Å². The Bertz CT molecular complexity index is 1330. The van der Waals surface area contributed by atoms with Gasteiger partial charge in [0.25, 0.3) is 5.91 Å². The van der Waals surface area contributed by atoms with E-state index in [1.807, 2.05) is 37.3 Å². The summed E-state index contributed by atoms with van der Waals surface area (Å²) in [7, 11) is 0. The number of carbonyl (C=O) groups excluding carboxylic acids is 1. The number of nitrogens with zero attached hydrogens (tertiary/aromatic N) is 3. The van der Waals surface area contributed by atoms with Crippen molar-refractivity contribution in [1.29, 1.82) is 0 Å². The van der Waals surface area contributed by atoms with Crippen molar-refractivity contribution in [2.24, 2.45) is 5.10 Å². The Balaban J connectivity index is 1.43. The monoisotopic (exact) mass is 442 g/mol. The lowest BCUT2D eigenvalue weighted by molar-refractivity contribution is 0.0949. The zero-order chi connectivity index (χ0) is 23.2. The largest absolute Gasteiger partial charge is 0.507 e. The molecule has 0 saturated carbocycles. The number of nitrogens with one attached hydrogen (secondary N) is 1. The molecule has 2 aromatic heterocycles. The highest BCUT2D eigenvalue weighted by Crippen LogP contribution is 2.23. The van der Waals surface area contributed by atoms with Crippen LogP contribution in [0.5, 0.6) is 11.6 Å². The Morgan fingerprint density at radius 1 is 1.12 bits per heavy atom. The van der Waals surface area contributed by atoms with Gasteiger partial charge < -0.3 is 14.9 Å². The van der Waals surface area contributed by atoms with E-state index in [1.165, 1.54) is 6.21 Å². The van der Waals surface area contributed by atoms with E-state index in [-0.39, 0.29) is 24.7 Å². The molecule has 33 heavy (non-hydrogen) atoms. The van der Waals surface area contributed by atoms with Crippen LogP contribution in [0.15, 0.2) is 72.0 Å². The number of rotatable bonds is 7. The molecule has 0 fully saturated rings. The topological polar surface area (TPSA) is 117 Å². The number of amides is 1. The van der Waals surface area contributed by atoms with E-state index in [9.17, 15) is 15.0 Å². The van der Waals surface area contributed by atoms with Crippen LogP contribution in [0.3, 0.4) is 0 Å². The molecule has 0 aliphatic rings. The van der Waals surface area contributed by atoms with E-state index < -0.39 is 5.91 Å². The molecule has 1 amide bonds. The molecule has 4 rings (SSSR count). The number of para-hydroxylation sites is 1. The summed E-state index contributed by atoms with van der Waals surface area (Å²) in [4.78, 5) is 21.1. The number of aliphatic hydroxyl groups excluding tert-OH is 1. The number of aryl methyl sites for hydroxylation is 1. The molecule has 2 aromatic carbocycles. The van der Waals surface area contributed by atoms with Crippen molar-refractivity contribution in [3.63, 3.8) is 0 Å². The summed E-state index contributed by atoms with van der Waals surface area (Å²) >= 11 is 0. The van der Waals surface area contributed by atoms with Gasteiger partial charge in [0.1, 0.15) is 18.1 Å². The van der Waals surface area contributed by atoms with Gasteiger partial charge in [-0.15, -0.1) is 0 Å². The Morgan fingerprint density at radius 3 is 2.79 bits per heavy atom. The third-order valence-electron chi connectivity index (χ3n) is 4.95. The first kappa shape index (κ1) is 21.9. The molecule has 166 valence electrons. The maximum atomic E-state index is 12.5. The lowest BCUT2D eigenvalue weighted by Crippen LogP contribution is -2.19. The second-order valence-corrected chi connectivity index (χ2v) is 7.36. The van der Waals surface area contributed by atoms with Crippen molar-refractivity contribution < 1.29 is 19.7 Å². The molecule has 3 N–H and O–H groups in total. The van der Waals surface area contributed by atoms with Gasteiger partial charge >= 0.3 is 0 Å². The van der Waals surface area contributed by atoms with Crippen molar-refractivity contribution in [3.8, 4) is 11.6 Å². The highest BCUT2D eigenvalue weighted by Gasteiger charge is 2.10. The van der Waals surface area contributed by atoms with Gasteiger partial charge in [-0.1, -0.05) is 36.4 Å². The van der Waals surface area contributed by atoms with E-state index >= 15 is 0 Å². The number of aliphatic hydroxyl groups is 1. The van der Waals surface area contributed by atoms with Crippen molar-refractivity contribution in [1.82, 2.24) is 15.4 Å². The number of carbonyl (C=O) groups is 1. The first-order chi connectivity index (χ1) is 16.0. The van der Waals surface area contributed by atoms with Gasteiger partial charge in [0.2, 0.25) is 5.88 Å². The molecule has 0 saturated heterocycles. The van der Waals surface area contributed by atoms with Gasteiger partial charge in [-0.25, -0.2) is 10.4 Å². The van der Waals surface area contributed by atoms with Gasteiger partial charge in [-0.3, -0.25) is 9.78 Å². The number of fused-ring (bicyclic) bond motifs is 1. The predicted molar refractivity (Wildman–Crippen MR) is 124 cm³/mol. The summed E-state index contributed by atoms with van der Waals surface area (Å²) < 4.78 is 5.79. The minimum atomic E-state index is -0.530. The highest BCUT2D eigenvalue weighted by atomic mass is 16.5. The fourth-order valence-corrected chi connectivity index (χ4v) is 3.38. The van der Waals surface area contributed by atoms with Gasteiger partial charge in [0.15, 0.2) is 0 Å². The summed E-state index contributed by atoms with van der Waals surface area (Å²) in [6.07, 6.45) is 3.05. The van der Waals surface area contributed by atoms with Crippen LogP contribution in [0.2, 0.25) is 0 Å². The number of aromatic hydroxyl groups is 1. The maximum absolute atomic E-state index is 12.5. The third kappa shape index (κ3) is 5.13. The minimum Gasteiger partial charge on any atom is -0.507 e. The average Bonchev–Trinajstić information content (AvgIpc) is 2.84. The Kier molecular flexibility index (Phi) is 6.56. The number of phenols is 1. The van der Waals surface area contributed by atoms with Gasteiger partial charge in [-0.05, 0) is 30.7 Å². The summed E-state index contributed by atoms with van der Waals surface area (Å²) in [5.41, 5.74) is 5.89. The molecular weight excluding hydrogens is 420 g/mol. The zero-order valence-corrected chi connectivity index (χ0v) is 17.9. The van der Waals surface area contributed by atoms with Crippen LogP contribution in [0.4, 0.5) is 0 Å². The van der Waals surface area contributed by atoms with Crippen molar-refractivity contribution in [2.45, 2.75) is 20.1 Å². The summed E-state index contributed by atoms with van der Waals surface area (Å²) in [5.74, 6) is -0.320. The number of benzene rings is 2. The molecule has 0 unspecified atom stereocenters. The fourth-order valence-electron chi connectivity index (χ4n) is 3.38. The van der Waals surface area contributed by atoms with E-state index in [0.29, 0.717) is 17.0 Å². The lowest BCUT2D eigenvalue weighted by atomic mass is 10.1. The number of aromatic nitrogens is 2. The number of hydrazone groups is 1. The van der Waals surface area contributed by atoms with Crippen LogP contribution >= 0.6 is 0 Å². The van der Waals surface area contributed by atoms with Crippen LogP contribution in [-0.2, 0) is 13.2 Å². The van der Waals surface area contributed by atoms with E-state index in [0.717, 1.165) is 22.0 Å². The van der Waals surface area contributed by atoms with Crippen LogP contribution < -0.4 is 10.2 Å². The molecular formula is C25H22N4O4. The predicted octanol–water partition coefficient (Wildman–Crippen LogP) is 3.48. The normalized spacial score (nSPS) is 11.1. The van der Waals surface area contributed by atoms with Gasteiger partial charge in [0.05, 0.1) is 18.3 Å². The molecule has 0 atom stereocenters. The first-order valence-corrected chi connectivity index (χ1v) is 10.2. The fraction of sp³-hybridized carbons (Fsp3) is 0.120. The maximum Gasteiger partial charge on any atom is 0.290 e. The van der Waals surface area contributed by atoms with E-state index in [4.69, 9.17) is 4.74 Å². The molecule has 0 spiro atoms. The van der Waals surface area contributed by atoms with Crippen LogP contribution in [0.25, 0.3) is 10.9 Å². The summed E-state index contributed by atoms with van der Waals surface area (Å²) in [6.45, 7) is 1.79. The summed E-state index contributed by atoms with van der Waals surface area (Å²) in [6, 6.07) is 18.0. The molecule has 0 radical (unpaired) electrons. The smallest absolute Gasteiger partial charge is 0.290 e. The third-order valence-corrected chi connectivity index (χ3v) is 4.95. The second kappa shape index (κ2) is 9.88. The van der Waals surface area contributed by atoms with Crippen molar-refractivity contribution in [2.75, 3.05) is 0 Å². The highest BCUT2D eigenvalue weighted by molar-refractivity contribution is 5.93. The molecule has 0 aliphatic heterocycles. The number of pyridine rings is 2. The second-order valence-electron chi connectivity index (χ2n) is 7.36. The molecule has 4 aromatic rings. The number of hydrogen-bond donors (Lipinski definition) is 3. The Morgan fingerprint density at radius 2 is 1.94 bits per heavy atom. The molecule has 0 bridgehead atoms. The number of hydrogen-bond acceptors (Lipinski definition) is 7. The van der Waals surface area contributed by atoms with Crippen molar-refractivity contribution in [3.05, 3.63) is 94.8 Å². The van der Waals surface area contributed by atoms with Crippen LogP contribution in [0, 0.1) is 6.92 Å². The Labute approximate surface area is 190 Å². The Hall–Kier alpha value is -4.30. The van der Waals surface area contributed by atoms with E-state index in [1.54, 1.807) is 36.5 Å². The number of ether oxygens (including phenoxy) is 1. The molecule has 2 heterocycles. The first-order valence-electron chi connectivity index (χ1n) is 10.2. The quantitative estimate of drug-likeness (QED) is 0.298. The van der Waals surface area contributed by atoms with Crippen LogP contribution in [-0.4, -0.2) is 32.3 Å². The SMILES string of the molecule is Cc1cc(/C=N/NC(=O)c2cccc(OCc3cccc4cccnc34)n2)c(O)c(CO)c1. The van der Waals surface area contributed by atoms with Gasteiger partial charge in [0, 0.05) is 34.3 Å². The van der Waals surface area contributed by atoms with Gasteiger partial charge in [-0.2, -0.15) is 5.10 Å². The average molecular weight is 442 g/mol. The molecule has 8 nitrogen and oxygen atoms in total. The minimum absolute atomic E-state index is 0.0856. The lowest BCUT2D eigenvalue weighted by Gasteiger charge is -2.09. The van der Waals surface area contributed by atoms with Crippen LogP contribution in [0.1, 0.15) is 32.7 Å².